The van der Waals surface area contributed by atoms with E-state index in [9.17, 15) is 9.59 Å². The molecule has 1 fully saturated rings. The molecule has 0 saturated carbocycles. The number of fused-ring (bicyclic) bond motifs is 5. The normalized spacial score (nSPS) is 16.4. The van der Waals surface area contributed by atoms with Crippen molar-refractivity contribution in [1.29, 1.82) is 0 Å². The van der Waals surface area contributed by atoms with Crippen LogP contribution < -0.4 is 15.3 Å². The molecule has 11 heteroatoms. The summed E-state index contributed by atoms with van der Waals surface area (Å²) in [6.45, 7) is 14.1. The van der Waals surface area contributed by atoms with Crippen LogP contribution in [0.4, 0.5) is 19.4 Å². The molecule has 2 aromatic carbocycles. The monoisotopic (exact) mass is 617 g/mol. The second kappa shape index (κ2) is 11.1. The molecule has 1 saturated heterocycles. The van der Waals surface area contributed by atoms with E-state index >= 15 is 8.78 Å². The lowest BCUT2D eigenvalue weighted by Gasteiger charge is -2.41. The van der Waals surface area contributed by atoms with E-state index in [2.05, 4.69) is 9.97 Å². The highest BCUT2D eigenvalue weighted by Crippen LogP contribution is 2.47. The van der Waals surface area contributed by atoms with Gasteiger partial charge in [-0.3, -0.25) is 9.55 Å². The number of pyridine rings is 1. The Balaban J connectivity index is 1.61. The van der Waals surface area contributed by atoms with Crippen molar-refractivity contribution in [2.45, 2.75) is 72.6 Å². The first-order chi connectivity index (χ1) is 21.3. The summed E-state index contributed by atoms with van der Waals surface area (Å²) in [7, 11) is 0. The van der Waals surface area contributed by atoms with Crippen molar-refractivity contribution in [1.82, 2.24) is 19.4 Å². The zero-order valence-corrected chi connectivity index (χ0v) is 26.6. The number of hydrogen-bond donors (Lipinski definition) is 0. The molecule has 9 nitrogen and oxygen atoms in total. The molecule has 0 spiro atoms. The SMILES string of the molecule is Cc1ccnc(C(C)C)c1-n1c(=O)nc(N2CCN(C(=O)OC(C)(C)C)C[C@@H]2C)c2cc(F)c3c(c21)OCc1cccc(F)c1-3. The summed E-state index contributed by atoms with van der Waals surface area (Å²) in [4.78, 5) is 39.7. The van der Waals surface area contributed by atoms with Crippen LogP contribution in [-0.2, 0) is 11.3 Å². The highest BCUT2D eigenvalue weighted by molar-refractivity contribution is 6.01. The fourth-order valence-electron chi connectivity index (χ4n) is 6.27. The average molecular weight is 618 g/mol. The van der Waals surface area contributed by atoms with Crippen molar-refractivity contribution in [3.05, 3.63) is 75.5 Å². The Morgan fingerprint density at radius 2 is 1.87 bits per heavy atom. The van der Waals surface area contributed by atoms with Gasteiger partial charge in [0.1, 0.15) is 35.2 Å². The van der Waals surface area contributed by atoms with Crippen LogP contribution in [0.3, 0.4) is 0 Å². The van der Waals surface area contributed by atoms with Gasteiger partial charge in [-0.05, 0) is 64.3 Å². The van der Waals surface area contributed by atoms with Gasteiger partial charge in [0, 0.05) is 48.4 Å². The Morgan fingerprint density at radius 1 is 1.11 bits per heavy atom. The van der Waals surface area contributed by atoms with Crippen LogP contribution in [0.15, 0.2) is 41.3 Å². The fraction of sp³-hybridized carbons (Fsp3) is 0.412. The van der Waals surface area contributed by atoms with Gasteiger partial charge in [0.15, 0.2) is 5.75 Å². The van der Waals surface area contributed by atoms with Gasteiger partial charge < -0.3 is 19.3 Å². The highest BCUT2D eigenvalue weighted by Gasteiger charge is 2.35. The Bertz CT molecular complexity index is 1900. The first kappa shape index (κ1) is 30.5. The van der Waals surface area contributed by atoms with Gasteiger partial charge in [0.2, 0.25) is 0 Å². The number of aromatic nitrogens is 3. The van der Waals surface area contributed by atoms with Crippen molar-refractivity contribution in [2.75, 3.05) is 24.5 Å². The van der Waals surface area contributed by atoms with E-state index < -0.39 is 29.0 Å². The van der Waals surface area contributed by atoms with E-state index in [0.717, 1.165) is 5.56 Å². The van der Waals surface area contributed by atoms with Gasteiger partial charge >= 0.3 is 11.8 Å². The molecule has 2 aromatic heterocycles. The molecule has 1 amide bonds. The van der Waals surface area contributed by atoms with Crippen LogP contribution in [0.5, 0.6) is 5.75 Å². The number of piperazine rings is 1. The molecule has 1 atom stereocenters. The lowest BCUT2D eigenvalue weighted by molar-refractivity contribution is 0.0218. The van der Waals surface area contributed by atoms with Crippen LogP contribution in [-0.4, -0.2) is 56.8 Å². The minimum atomic E-state index is -0.691. The van der Waals surface area contributed by atoms with Crippen LogP contribution >= 0.6 is 0 Å². The van der Waals surface area contributed by atoms with Crippen LogP contribution in [0.1, 0.15) is 64.3 Å². The summed E-state index contributed by atoms with van der Waals surface area (Å²) in [5.74, 6) is -0.992. The number of hydrogen-bond acceptors (Lipinski definition) is 7. The number of aryl methyl sites for hydroxylation is 1. The maximum atomic E-state index is 16.3. The maximum absolute atomic E-state index is 16.3. The van der Waals surface area contributed by atoms with E-state index in [0.29, 0.717) is 42.0 Å². The number of rotatable bonds is 3. The van der Waals surface area contributed by atoms with Gasteiger partial charge in [-0.1, -0.05) is 26.0 Å². The van der Waals surface area contributed by atoms with E-state index in [1.165, 1.54) is 16.7 Å². The van der Waals surface area contributed by atoms with Crippen LogP contribution in [0.2, 0.25) is 0 Å². The molecule has 2 aliphatic heterocycles. The standard InChI is InChI=1S/C34H37F2N5O4/c1-18(2)27-28(19(3)11-12-37-27)41-29-22(15-24(36)26-25-21(17-44-30(26)29)9-8-10-23(25)35)31(38-32(41)42)40-14-13-39(16-20(40)4)33(43)45-34(5,6)7/h8-12,15,18,20H,13-14,16-17H2,1-7H3/t20-/m0/s1. The minimum Gasteiger partial charge on any atom is -0.486 e. The minimum absolute atomic E-state index is 0.00147. The molecule has 0 radical (unpaired) electrons. The van der Waals surface area contributed by atoms with E-state index in [-0.39, 0.29) is 46.8 Å². The van der Waals surface area contributed by atoms with Crippen molar-refractivity contribution < 1.29 is 23.0 Å². The summed E-state index contributed by atoms with van der Waals surface area (Å²) in [6, 6.07) is 7.37. The third-order valence-corrected chi connectivity index (χ3v) is 8.26. The van der Waals surface area contributed by atoms with Gasteiger partial charge in [-0.2, -0.15) is 4.98 Å². The highest BCUT2D eigenvalue weighted by atomic mass is 19.1. The summed E-state index contributed by atoms with van der Waals surface area (Å²) >= 11 is 0. The summed E-state index contributed by atoms with van der Waals surface area (Å²) in [5.41, 5.74) is 1.58. The van der Waals surface area contributed by atoms with Gasteiger partial charge in [0.05, 0.1) is 16.9 Å². The smallest absolute Gasteiger partial charge is 0.410 e. The lowest BCUT2D eigenvalue weighted by Crippen LogP contribution is -2.55. The number of carbonyl (C=O) groups is 1. The second-order valence-electron chi connectivity index (χ2n) is 13.1. The maximum Gasteiger partial charge on any atom is 0.410 e. The summed E-state index contributed by atoms with van der Waals surface area (Å²) in [6.07, 6.45) is 1.26. The van der Waals surface area contributed by atoms with Crippen LogP contribution in [0.25, 0.3) is 27.7 Å². The molecule has 45 heavy (non-hydrogen) atoms. The fourth-order valence-corrected chi connectivity index (χ4v) is 6.27. The number of carbonyl (C=O) groups excluding carboxylic acids is 1. The molecular weight excluding hydrogens is 580 g/mol. The third kappa shape index (κ3) is 5.27. The number of benzene rings is 2. The number of halogens is 2. The number of amides is 1. The van der Waals surface area contributed by atoms with Crippen molar-refractivity contribution in [3.63, 3.8) is 0 Å². The van der Waals surface area contributed by atoms with E-state index in [1.807, 2.05) is 53.4 Å². The van der Waals surface area contributed by atoms with Gasteiger partial charge in [0.25, 0.3) is 0 Å². The number of nitrogens with zero attached hydrogens (tertiary/aromatic N) is 5. The Hall–Kier alpha value is -4.54. The Kier molecular flexibility index (Phi) is 7.53. The van der Waals surface area contributed by atoms with Gasteiger partial charge in [-0.15, -0.1) is 0 Å². The predicted molar refractivity (Wildman–Crippen MR) is 168 cm³/mol. The summed E-state index contributed by atoms with van der Waals surface area (Å²) in [5, 5.41) is 0.334. The average Bonchev–Trinajstić information content (AvgIpc) is 2.96. The second-order valence-corrected chi connectivity index (χ2v) is 13.1. The molecular formula is C34H37F2N5O4. The predicted octanol–water partition coefficient (Wildman–Crippen LogP) is 6.50. The quantitative estimate of drug-likeness (QED) is 0.259. The van der Waals surface area contributed by atoms with Crippen molar-refractivity contribution in [3.8, 4) is 22.6 Å². The lowest BCUT2D eigenvalue weighted by atomic mass is 9.94. The zero-order chi connectivity index (χ0) is 32.4. The Labute approximate surface area is 260 Å². The van der Waals surface area contributed by atoms with E-state index in [4.69, 9.17) is 9.47 Å². The number of anilines is 1. The molecule has 4 heterocycles. The van der Waals surface area contributed by atoms with E-state index in [1.54, 1.807) is 29.3 Å². The largest absolute Gasteiger partial charge is 0.486 e. The first-order valence-electron chi connectivity index (χ1n) is 15.2. The number of ether oxygens (including phenoxy) is 2. The van der Waals surface area contributed by atoms with Crippen molar-refractivity contribution in [2.24, 2.45) is 0 Å². The first-order valence-corrected chi connectivity index (χ1v) is 15.2. The molecule has 0 N–H and O–H groups in total. The molecule has 236 valence electrons. The van der Waals surface area contributed by atoms with Gasteiger partial charge in [-0.25, -0.2) is 18.4 Å². The zero-order valence-electron chi connectivity index (χ0n) is 26.6. The molecule has 0 unspecified atom stereocenters. The molecule has 6 rings (SSSR count). The van der Waals surface area contributed by atoms with Crippen LogP contribution in [0, 0.1) is 18.6 Å². The van der Waals surface area contributed by atoms with Crippen molar-refractivity contribution >= 4 is 22.8 Å². The molecule has 0 bridgehead atoms. The molecule has 2 aliphatic rings. The summed E-state index contributed by atoms with van der Waals surface area (Å²) < 4.78 is 44.8. The molecule has 4 aromatic rings. The Morgan fingerprint density at radius 3 is 2.56 bits per heavy atom. The third-order valence-electron chi connectivity index (χ3n) is 8.26. The topological polar surface area (TPSA) is 89.8 Å². The molecule has 0 aliphatic carbocycles.